The molecule has 0 saturated heterocycles. The molecule has 0 amide bonds. The summed E-state index contributed by atoms with van der Waals surface area (Å²) in [5.41, 5.74) is 9.78. The van der Waals surface area contributed by atoms with Gasteiger partial charge in [-0.2, -0.15) is 11.3 Å². The van der Waals surface area contributed by atoms with Crippen molar-refractivity contribution in [1.82, 2.24) is 0 Å². The second-order valence-electron chi connectivity index (χ2n) is 4.06. The van der Waals surface area contributed by atoms with Crippen molar-refractivity contribution in [1.29, 1.82) is 0 Å². The molecule has 0 fully saturated rings. The second-order valence-corrected chi connectivity index (χ2v) is 6.12. The van der Waals surface area contributed by atoms with Crippen LogP contribution < -0.4 is 5.73 Å². The Hall–Kier alpha value is -0.350. The van der Waals surface area contributed by atoms with Crippen LogP contribution in [-0.4, -0.2) is 0 Å². The summed E-state index contributed by atoms with van der Waals surface area (Å²) in [7, 11) is 0. The van der Waals surface area contributed by atoms with Gasteiger partial charge in [-0.25, -0.2) is 0 Å². The summed E-state index contributed by atoms with van der Waals surface area (Å²) in [4.78, 5) is 0. The third-order valence-corrected chi connectivity index (χ3v) is 4.47. The maximum atomic E-state index is 6.22. The Morgan fingerprint density at radius 1 is 1.41 bits per heavy atom. The zero-order valence-electron chi connectivity index (χ0n) is 9.41. The Balaban J connectivity index is 2.19. The number of hydrogen-bond donors (Lipinski definition) is 1. The Morgan fingerprint density at radius 3 is 2.76 bits per heavy atom. The highest BCUT2D eigenvalue weighted by Crippen LogP contribution is 2.27. The van der Waals surface area contributed by atoms with E-state index in [0.29, 0.717) is 0 Å². The van der Waals surface area contributed by atoms with Gasteiger partial charge in [0.05, 0.1) is 0 Å². The van der Waals surface area contributed by atoms with E-state index >= 15 is 0 Å². The molecule has 0 aliphatic carbocycles. The third kappa shape index (κ3) is 3.10. The molecular weight excluding hydrogens is 318 g/mol. The van der Waals surface area contributed by atoms with Crippen molar-refractivity contribution >= 4 is 38.9 Å². The molecule has 0 spiro atoms. The van der Waals surface area contributed by atoms with Crippen LogP contribution in [0.15, 0.2) is 33.4 Å². The van der Waals surface area contributed by atoms with Crippen molar-refractivity contribution in [2.45, 2.75) is 19.4 Å². The first-order valence-electron chi connectivity index (χ1n) is 5.30. The van der Waals surface area contributed by atoms with Gasteiger partial charge in [0.2, 0.25) is 0 Å². The van der Waals surface area contributed by atoms with Crippen molar-refractivity contribution in [3.8, 4) is 0 Å². The van der Waals surface area contributed by atoms with Crippen LogP contribution in [0.5, 0.6) is 0 Å². The topological polar surface area (TPSA) is 26.0 Å². The summed E-state index contributed by atoms with van der Waals surface area (Å²) >= 11 is 11.3. The van der Waals surface area contributed by atoms with Crippen LogP contribution in [0.25, 0.3) is 0 Å². The standard InChI is InChI=1S/C13H13BrClNS/c1-8-6-17-7-11(8)13(16)4-9-2-3-10(14)5-12(9)15/h2-3,5-7,13H,4,16H2,1H3. The number of halogens is 2. The van der Waals surface area contributed by atoms with E-state index in [2.05, 4.69) is 33.6 Å². The van der Waals surface area contributed by atoms with Gasteiger partial charge in [-0.3, -0.25) is 0 Å². The molecule has 0 radical (unpaired) electrons. The second kappa shape index (κ2) is 5.53. The molecule has 1 nitrogen and oxygen atoms in total. The van der Waals surface area contributed by atoms with Crippen LogP contribution >= 0.6 is 38.9 Å². The van der Waals surface area contributed by atoms with E-state index in [0.717, 1.165) is 21.5 Å². The summed E-state index contributed by atoms with van der Waals surface area (Å²) in [6.07, 6.45) is 0.768. The first-order chi connectivity index (χ1) is 8.08. The number of rotatable bonds is 3. The van der Waals surface area contributed by atoms with Gasteiger partial charge in [0.1, 0.15) is 0 Å². The molecule has 1 aromatic heterocycles. The third-order valence-electron chi connectivity index (χ3n) is 2.75. The van der Waals surface area contributed by atoms with Crippen molar-refractivity contribution in [2.24, 2.45) is 5.73 Å². The molecule has 2 aromatic rings. The lowest BCUT2D eigenvalue weighted by atomic mass is 9.99. The predicted molar refractivity (Wildman–Crippen MR) is 78.8 cm³/mol. The minimum Gasteiger partial charge on any atom is -0.324 e. The van der Waals surface area contributed by atoms with Gasteiger partial charge in [-0.15, -0.1) is 0 Å². The van der Waals surface area contributed by atoms with E-state index in [-0.39, 0.29) is 6.04 Å². The molecule has 90 valence electrons. The Kier molecular flexibility index (Phi) is 4.26. The molecule has 2 rings (SSSR count). The van der Waals surface area contributed by atoms with Gasteiger partial charge < -0.3 is 5.73 Å². The molecular formula is C13H13BrClNS. The van der Waals surface area contributed by atoms with Crippen LogP contribution in [0.4, 0.5) is 0 Å². The number of hydrogen-bond acceptors (Lipinski definition) is 2. The van der Waals surface area contributed by atoms with Crippen molar-refractivity contribution < 1.29 is 0 Å². The molecule has 4 heteroatoms. The highest BCUT2D eigenvalue weighted by molar-refractivity contribution is 9.10. The minimum atomic E-state index is 0.0138. The normalized spacial score (nSPS) is 12.7. The van der Waals surface area contributed by atoms with Crippen molar-refractivity contribution in [2.75, 3.05) is 0 Å². The maximum absolute atomic E-state index is 6.22. The van der Waals surface area contributed by atoms with Gasteiger partial charge in [-0.05, 0) is 52.9 Å². The fraction of sp³-hybridized carbons (Fsp3) is 0.231. The Morgan fingerprint density at radius 2 is 2.18 bits per heavy atom. The van der Waals surface area contributed by atoms with Gasteiger partial charge in [0.15, 0.2) is 0 Å². The molecule has 2 N–H and O–H groups in total. The first-order valence-corrected chi connectivity index (χ1v) is 7.41. The monoisotopic (exact) mass is 329 g/mol. The zero-order valence-corrected chi connectivity index (χ0v) is 12.6. The number of nitrogens with two attached hydrogens (primary N) is 1. The average Bonchev–Trinajstić information content (AvgIpc) is 2.68. The summed E-state index contributed by atoms with van der Waals surface area (Å²) in [5.74, 6) is 0. The number of thiophene rings is 1. The average molecular weight is 331 g/mol. The van der Waals surface area contributed by atoms with Crippen LogP contribution in [0.2, 0.25) is 5.02 Å². The Labute approximate surface area is 119 Å². The lowest BCUT2D eigenvalue weighted by molar-refractivity contribution is 0.720. The SMILES string of the molecule is Cc1cscc1C(N)Cc1ccc(Br)cc1Cl. The zero-order chi connectivity index (χ0) is 12.4. The Bertz CT molecular complexity index is 524. The number of aryl methyl sites for hydroxylation is 1. The van der Waals surface area contributed by atoms with Crippen molar-refractivity contribution in [3.63, 3.8) is 0 Å². The van der Waals surface area contributed by atoms with E-state index in [1.54, 1.807) is 11.3 Å². The molecule has 1 aromatic carbocycles. The highest BCUT2D eigenvalue weighted by Gasteiger charge is 2.12. The lowest BCUT2D eigenvalue weighted by Crippen LogP contribution is -2.13. The largest absolute Gasteiger partial charge is 0.324 e. The molecule has 1 unspecified atom stereocenters. The fourth-order valence-electron chi connectivity index (χ4n) is 1.78. The van der Waals surface area contributed by atoms with E-state index < -0.39 is 0 Å². The van der Waals surface area contributed by atoms with Gasteiger partial charge in [0.25, 0.3) is 0 Å². The van der Waals surface area contributed by atoms with Crippen LogP contribution in [0.1, 0.15) is 22.7 Å². The van der Waals surface area contributed by atoms with Crippen LogP contribution in [-0.2, 0) is 6.42 Å². The smallest absolute Gasteiger partial charge is 0.0449 e. The van der Waals surface area contributed by atoms with Gasteiger partial charge in [0, 0.05) is 15.5 Å². The maximum Gasteiger partial charge on any atom is 0.0449 e. The molecule has 0 aliphatic heterocycles. The minimum absolute atomic E-state index is 0.0138. The van der Waals surface area contributed by atoms with Crippen LogP contribution in [0.3, 0.4) is 0 Å². The summed E-state index contributed by atoms with van der Waals surface area (Å²) < 4.78 is 0.992. The first kappa shape index (κ1) is 13.1. The molecule has 17 heavy (non-hydrogen) atoms. The number of benzene rings is 1. The van der Waals surface area contributed by atoms with E-state index in [9.17, 15) is 0 Å². The molecule has 0 bridgehead atoms. The quantitative estimate of drug-likeness (QED) is 0.866. The molecule has 0 saturated carbocycles. The predicted octanol–water partition coefficient (Wildman–Crippen LogP) is 4.71. The highest BCUT2D eigenvalue weighted by atomic mass is 79.9. The molecule has 1 heterocycles. The van der Waals surface area contributed by atoms with E-state index in [4.69, 9.17) is 17.3 Å². The van der Waals surface area contributed by atoms with Gasteiger partial charge >= 0.3 is 0 Å². The molecule has 0 aliphatic rings. The van der Waals surface area contributed by atoms with Crippen molar-refractivity contribution in [3.05, 3.63) is 55.1 Å². The van der Waals surface area contributed by atoms with Gasteiger partial charge in [-0.1, -0.05) is 33.6 Å². The van der Waals surface area contributed by atoms with Crippen LogP contribution in [0, 0.1) is 6.92 Å². The summed E-state index contributed by atoms with van der Waals surface area (Å²) in [6.45, 7) is 2.09. The molecule has 1 atom stereocenters. The summed E-state index contributed by atoms with van der Waals surface area (Å²) in [5, 5.41) is 5.01. The summed E-state index contributed by atoms with van der Waals surface area (Å²) in [6, 6.07) is 5.94. The fourth-order valence-corrected chi connectivity index (χ4v) is 3.45. The van der Waals surface area contributed by atoms with E-state index in [1.807, 2.05) is 18.2 Å². The lowest BCUT2D eigenvalue weighted by Gasteiger charge is -2.13. The van der Waals surface area contributed by atoms with E-state index in [1.165, 1.54) is 11.1 Å².